The van der Waals surface area contributed by atoms with E-state index in [0.29, 0.717) is 29.5 Å². The molecular weight excluding hydrogens is 247 g/mol. The zero-order valence-corrected chi connectivity index (χ0v) is 11.1. The van der Waals surface area contributed by atoms with Crippen molar-refractivity contribution in [2.45, 2.75) is 26.4 Å². The molecule has 0 spiro atoms. The Morgan fingerprint density at radius 2 is 2.16 bits per heavy atom. The Balaban J connectivity index is 2.49. The average molecular weight is 264 g/mol. The van der Waals surface area contributed by atoms with Gasteiger partial charge in [-0.1, -0.05) is 6.92 Å². The van der Waals surface area contributed by atoms with Gasteiger partial charge >= 0.3 is 0 Å². The summed E-state index contributed by atoms with van der Waals surface area (Å²) in [4.78, 5) is 0. The number of hydrogen-bond donors (Lipinski definition) is 1. The fourth-order valence-electron chi connectivity index (χ4n) is 1.95. The molecule has 0 unspecified atom stereocenters. The Hall–Kier alpha value is -1.95. The summed E-state index contributed by atoms with van der Waals surface area (Å²) in [7, 11) is 1.50. The molecule has 0 aliphatic rings. The highest BCUT2D eigenvalue weighted by Crippen LogP contribution is 2.25. The number of methoxy groups -OCH3 is 1. The first kappa shape index (κ1) is 13.5. The topological polar surface area (TPSA) is 66.0 Å². The molecule has 1 heterocycles. The molecule has 0 saturated heterocycles. The first-order chi connectivity index (χ1) is 9.21. The maximum Gasteiger partial charge on any atom is 0.166 e. The Labute approximate surface area is 111 Å². The molecule has 0 aliphatic heterocycles. The van der Waals surface area contributed by atoms with Crippen molar-refractivity contribution in [3.8, 4) is 17.1 Å². The minimum atomic E-state index is -0.382. The van der Waals surface area contributed by atoms with Crippen molar-refractivity contribution in [1.82, 2.24) is 14.8 Å². The van der Waals surface area contributed by atoms with Crippen LogP contribution in [0.1, 0.15) is 19.2 Å². The molecule has 2 rings (SSSR count). The summed E-state index contributed by atoms with van der Waals surface area (Å²) in [5, 5.41) is 8.05. The maximum absolute atomic E-state index is 14.1. The summed E-state index contributed by atoms with van der Waals surface area (Å²) in [6.07, 6.45) is 0.899. The number of ether oxygens (including phenoxy) is 1. The second-order valence-electron chi connectivity index (χ2n) is 4.14. The summed E-state index contributed by atoms with van der Waals surface area (Å²) in [5.74, 6) is 1.25. The highest BCUT2D eigenvalue weighted by molar-refractivity contribution is 5.57. The number of benzene rings is 1. The third-order valence-electron chi connectivity index (χ3n) is 2.87. The van der Waals surface area contributed by atoms with Crippen LogP contribution in [0.2, 0.25) is 0 Å². The smallest absolute Gasteiger partial charge is 0.166 e. The maximum atomic E-state index is 14.1. The normalized spacial score (nSPS) is 10.7. The average Bonchev–Trinajstić information content (AvgIpc) is 2.82. The van der Waals surface area contributed by atoms with Crippen LogP contribution in [0.5, 0.6) is 5.75 Å². The van der Waals surface area contributed by atoms with E-state index < -0.39 is 0 Å². The lowest BCUT2D eigenvalue weighted by Crippen LogP contribution is -2.09. The van der Waals surface area contributed by atoms with E-state index in [1.165, 1.54) is 13.2 Å². The minimum absolute atomic E-state index is 0.283. The fraction of sp³-hybridized carbons (Fsp3) is 0.385. The Morgan fingerprint density at radius 3 is 2.74 bits per heavy atom. The summed E-state index contributed by atoms with van der Waals surface area (Å²) in [5.41, 5.74) is 6.02. The highest BCUT2D eigenvalue weighted by atomic mass is 19.1. The fourth-order valence-corrected chi connectivity index (χ4v) is 1.95. The second kappa shape index (κ2) is 5.79. The van der Waals surface area contributed by atoms with Crippen molar-refractivity contribution < 1.29 is 9.13 Å². The van der Waals surface area contributed by atoms with Crippen molar-refractivity contribution >= 4 is 0 Å². The highest BCUT2D eigenvalue weighted by Gasteiger charge is 2.16. The number of rotatable bonds is 5. The van der Waals surface area contributed by atoms with E-state index in [4.69, 9.17) is 10.5 Å². The summed E-state index contributed by atoms with van der Waals surface area (Å²) < 4.78 is 20.9. The minimum Gasteiger partial charge on any atom is -0.497 e. The van der Waals surface area contributed by atoms with Gasteiger partial charge in [0.05, 0.1) is 19.2 Å². The monoisotopic (exact) mass is 264 g/mol. The van der Waals surface area contributed by atoms with Crippen LogP contribution in [0.25, 0.3) is 11.4 Å². The number of hydrogen-bond acceptors (Lipinski definition) is 4. The van der Waals surface area contributed by atoms with Crippen molar-refractivity contribution in [2.24, 2.45) is 5.73 Å². The molecule has 6 heteroatoms. The first-order valence-corrected chi connectivity index (χ1v) is 6.17. The zero-order valence-electron chi connectivity index (χ0n) is 11.1. The van der Waals surface area contributed by atoms with Gasteiger partial charge in [0.25, 0.3) is 0 Å². The van der Waals surface area contributed by atoms with Crippen LogP contribution in [0, 0.1) is 5.82 Å². The van der Waals surface area contributed by atoms with E-state index in [0.717, 1.165) is 6.42 Å². The third kappa shape index (κ3) is 2.58. The first-order valence-electron chi connectivity index (χ1n) is 6.17. The zero-order chi connectivity index (χ0) is 13.8. The molecule has 19 heavy (non-hydrogen) atoms. The standard InChI is InChI=1S/C13H17FN4O/c1-3-6-18-12(8-15)16-17-13(18)10-5-4-9(19-2)7-11(10)14/h4-5,7H,3,6,8,15H2,1-2H3. The quantitative estimate of drug-likeness (QED) is 0.896. The van der Waals surface area contributed by atoms with Gasteiger partial charge in [0.15, 0.2) is 5.82 Å². The van der Waals surface area contributed by atoms with Gasteiger partial charge in [-0.3, -0.25) is 0 Å². The van der Waals surface area contributed by atoms with Gasteiger partial charge in [-0.2, -0.15) is 0 Å². The van der Waals surface area contributed by atoms with Gasteiger partial charge in [-0.15, -0.1) is 10.2 Å². The lowest BCUT2D eigenvalue weighted by atomic mass is 10.2. The number of nitrogens with two attached hydrogens (primary N) is 1. The molecule has 1 aromatic carbocycles. The molecule has 1 aromatic heterocycles. The van der Waals surface area contributed by atoms with Gasteiger partial charge in [0.2, 0.25) is 0 Å². The third-order valence-corrected chi connectivity index (χ3v) is 2.87. The molecule has 2 N–H and O–H groups in total. The number of aromatic nitrogens is 3. The van der Waals surface area contributed by atoms with Crippen molar-refractivity contribution in [3.63, 3.8) is 0 Å². The molecule has 0 bridgehead atoms. The van der Waals surface area contributed by atoms with Crippen molar-refractivity contribution in [3.05, 3.63) is 29.8 Å². The number of nitrogens with zero attached hydrogens (tertiary/aromatic N) is 3. The Bertz CT molecular complexity index is 568. The van der Waals surface area contributed by atoms with E-state index in [1.54, 1.807) is 12.1 Å². The lowest BCUT2D eigenvalue weighted by molar-refractivity contribution is 0.411. The number of halogens is 1. The van der Waals surface area contributed by atoms with Gasteiger partial charge in [-0.25, -0.2) is 4.39 Å². The van der Waals surface area contributed by atoms with Crippen molar-refractivity contribution in [2.75, 3.05) is 7.11 Å². The van der Waals surface area contributed by atoms with E-state index in [-0.39, 0.29) is 12.4 Å². The van der Waals surface area contributed by atoms with E-state index in [1.807, 2.05) is 11.5 Å². The molecule has 0 fully saturated rings. The Kier molecular flexibility index (Phi) is 4.11. The van der Waals surface area contributed by atoms with Crippen LogP contribution in [0.4, 0.5) is 4.39 Å². The summed E-state index contributed by atoms with van der Waals surface area (Å²) >= 11 is 0. The van der Waals surface area contributed by atoms with E-state index in [9.17, 15) is 4.39 Å². The molecule has 2 aromatic rings. The molecule has 5 nitrogen and oxygen atoms in total. The van der Waals surface area contributed by atoms with Crippen LogP contribution in [0.15, 0.2) is 18.2 Å². The summed E-state index contributed by atoms with van der Waals surface area (Å²) in [6, 6.07) is 4.68. The predicted molar refractivity (Wildman–Crippen MR) is 70.2 cm³/mol. The van der Waals surface area contributed by atoms with E-state index in [2.05, 4.69) is 10.2 Å². The van der Waals surface area contributed by atoms with Crippen LogP contribution >= 0.6 is 0 Å². The van der Waals surface area contributed by atoms with E-state index >= 15 is 0 Å². The molecule has 0 radical (unpaired) electrons. The van der Waals surface area contributed by atoms with Crippen molar-refractivity contribution in [1.29, 1.82) is 0 Å². The summed E-state index contributed by atoms with van der Waals surface area (Å²) in [6.45, 7) is 3.03. The molecular formula is C13H17FN4O. The van der Waals surface area contributed by atoms with Gasteiger partial charge in [-0.05, 0) is 18.6 Å². The van der Waals surface area contributed by atoms with Gasteiger partial charge in [0, 0.05) is 12.6 Å². The molecule has 0 amide bonds. The van der Waals surface area contributed by atoms with Gasteiger partial charge in [0.1, 0.15) is 17.4 Å². The largest absolute Gasteiger partial charge is 0.497 e. The molecule has 0 saturated carbocycles. The SMILES string of the molecule is CCCn1c(CN)nnc1-c1ccc(OC)cc1F. The van der Waals surface area contributed by atoms with Crippen LogP contribution in [-0.4, -0.2) is 21.9 Å². The predicted octanol–water partition coefficient (Wildman–Crippen LogP) is 1.96. The second-order valence-corrected chi connectivity index (χ2v) is 4.14. The molecule has 0 aliphatic carbocycles. The van der Waals surface area contributed by atoms with Crippen LogP contribution in [-0.2, 0) is 13.1 Å². The van der Waals surface area contributed by atoms with Gasteiger partial charge < -0.3 is 15.0 Å². The van der Waals surface area contributed by atoms with Crippen LogP contribution in [0.3, 0.4) is 0 Å². The lowest BCUT2D eigenvalue weighted by Gasteiger charge is -2.09. The molecule has 102 valence electrons. The van der Waals surface area contributed by atoms with Crippen LogP contribution < -0.4 is 10.5 Å². The molecule has 0 atom stereocenters. The Morgan fingerprint density at radius 1 is 1.37 bits per heavy atom.